The molecule has 0 aliphatic carbocycles. The van der Waals surface area contributed by atoms with Gasteiger partial charge in [0.1, 0.15) is 0 Å². The van der Waals surface area contributed by atoms with Gasteiger partial charge in [-0.2, -0.15) is 14.2 Å². The number of hydrogen-bond acceptors (Lipinski definition) is 22. The molecule has 0 aliphatic rings. The summed E-state index contributed by atoms with van der Waals surface area (Å²) >= 11 is 0. The first-order chi connectivity index (χ1) is 29.4. The average molecular weight is 1410 g/mol. The smallest absolute Gasteiger partial charge is 0.857 e. The minimum Gasteiger partial charge on any atom is -0.857 e. The van der Waals surface area contributed by atoms with Crippen molar-refractivity contribution in [3.8, 4) is 0 Å². The van der Waals surface area contributed by atoms with Crippen molar-refractivity contribution in [3.63, 3.8) is 0 Å². The van der Waals surface area contributed by atoms with E-state index in [-0.39, 0.29) is 149 Å². The van der Waals surface area contributed by atoms with E-state index in [0.717, 1.165) is 14.2 Å². The summed E-state index contributed by atoms with van der Waals surface area (Å²) in [6.07, 6.45) is 0. The molecule has 0 aliphatic heterocycles. The molecule has 0 saturated carbocycles. The normalized spacial score (nSPS) is 10.0. The molecule has 0 heterocycles. The molecule has 432 valence electrons. The van der Waals surface area contributed by atoms with Gasteiger partial charge in [-0.25, -0.2) is 0 Å². The van der Waals surface area contributed by atoms with Crippen LogP contribution in [0, 0.1) is 108 Å². The van der Waals surface area contributed by atoms with Crippen molar-refractivity contribution in [1.82, 2.24) is 9.80 Å². The van der Waals surface area contributed by atoms with Gasteiger partial charge in [0.15, 0.2) is 0 Å². The predicted octanol–water partition coefficient (Wildman–Crippen LogP) is -9.36. The van der Waals surface area contributed by atoms with Crippen molar-refractivity contribution in [2.75, 3.05) is 93.1 Å². The van der Waals surface area contributed by atoms with E-state index >= 15 is 0 Å². The summed E-state index contributed by atoms with van der Waals surface area (Å²) < 4.78 is 0. The third kappa shape index (κ3) is 105. The molecule has 22 nitrogen and oxygen atoms in total. The molecule has 26 heteroatoms. The minimum atomic E-state index is -1.01. The number of rotatable bonds is 12. The Hall–Kier alpha value is -0.0475. The number of hydrogen-bond donors (Lipinski definition) is 2. The first-order valence-corrected chi connectivity index (χ1v) is 20.5. The van der Waals surface area contributed by atoms with Gasteiger partial charge in [-0.15, -0.1) is 26.4 Å². The number of carboxylic acid groups (broad SMARTS) is 6. The van der Waals surface area contributed by atoms with Gasteiger partial charge in [0, 0.05) is 81.4 Å². The zero-order valence-corrected chi connectivity index (χ0v) is 50.8. The van der Waals surface area contributed by atoms with Gasteiger partial charge >= 0.3 is 109 Å². The maximum atomic E-state index is 10.1. The van der Waals surface area contributed by atoms with Gasteiger partial charge in [0.05, 0.1) is 13.2 Å². The fourth-order valence-electron chi connectivity index (χ4n) is 1.47. The number of carboxylic acids is 6. The van der Waals surface area contributed by atoms with Crippen LogP contribution in [0.25, 0.3) is 0 Å². The average Bonchev–Trinajstić information content (AvgIpc) is 3.13. The van der Waals surface area contributed by atoms with Gasteiger partial charge in [0.25, 0.3) is 0 Å². The van der Waals surface area contributed by atoms with Gasteiger partial charge in [-0.1, -0.05) is 125 Å². The molecule has 70 heavy (non-hydrogen) atoms. The molecule has 0 fully saturated rings. The Morgan fingerprint density at radius 1 is 0.314 bits per heavy atom. The first kappa shape index (κ1) is 106. The van der Waals surface area contributed by atoms with Gasteiger partial charge < -0.3 is 110 Å². The fourth-order valence-corrected chi connectivity index (χ4v) is 1.47. The molecule has 2 N–H and O–H groups in total. The van der Waals surface area contributed by atoms with E-state index in [2.05, 4.69) is 0 Å². The zero-order chi connectivity index (χ0) is 56.1. The third-order valence-electron chi connectivity index (χ3n) is 6.14. The number of carbonyl (C=O) groups excluding carboxylic acids is 6. The zero-order valence-electron chi connectivity index (χ0n) is 44.9. The van der Waals surface area contributed by atoms with Gasteiger partial charge in [-0.05, 0) is 26.2 Å². The van der Waals surface area contributed by atoms with E-state index in [4.69, 9.17) is 20.4 Å². The molecule has 0 bridgehead atoms. The molecule has 0 unspecified atom stereocenters. The summed E-state index contributed by atoms with van der Waals surface area (Å²) in [6.45, 7) is 30.3. The SMILES string of the molecule is CC(C)(C)C(=O)[O-].CC(C)(C)C(=O)[O-].CC(C)(C)C(=O)[O-].CC(C)(C)C(=O)[O-].CC(C)(C)C(=O)[O-].CC(C)(C)C(=O)[O-].C[O-].C[O-].[Co+3].[Co+3].[Ho+3].[Ho+3].[O-]CCN(CC[O-])CCO.[O-]CCN(CC[O-])CCO. The van der Waals surface area contributed by atoms with Crippen molar-refractivity contribution in [2.45, 2.75) is 125 Å². The number of nitrogens with zero attached hydrogens (tertiary/aromatic N) is 2. The van der Waals surface area contributed by atoms with E-state index in [1.165, 1.54) is 0 Å². The molecular formula is C44H86Co2Ho2N2O20. The second kappa shape index (κ2) is 61.5. The minimum absolute atomic E-state index is 0. The first-order valence-electron chi connectivity index (χ1n) is 20.5. The Labute approximate surface area is 500 Å². The fraction of sp³-hybridized carbons (Fsp3) is 0.864. The molecule has 0 spiro atoms. The summed E-state index contributed by atoms with van der Waals surface area (Å²) in [4.78, 5) is 62.8. The summed E-state index contributed by atoms with van der Waals surface area (Å²) in [5.41, 5.74) is -4.17. The number of aliphatic carboxylic acids is 6. The van der Waals surface area contributed by atoms with E-state index in [1.807, 2.05) is 0 Å². The second-order valence-corrected chi connectivity index (χ2v) is 19.2. The van der Waals surface area contributed by atoms with Crippen molar-refractivity contribution >= 4 is 35.8 Å². The van der Waals surface area contributed by atoms with E-state index in [1.54, 1.807) is 134 Å². The molecule has 0 atom stereocenters. The van der Waals surface area contributed by atoms with Crippen LogP contribution < -0.4 is 61.3 Å². The second-order valence-electron chi connectivity index (χ2n) is 19.2. The van der Waals surface area contributed by atoms with E-state index < -0.39 is 68.3 Å². The monoisotopic (exact) mass is 1410 g/mol. The van der Waals surface area contributed by atoms with Crippen LogP contribution in [0.15, 0.2) is 0 Å². The quantitative estimate of drug-likeness (QED) is 0.171. The number of carbonyl (C=O) groups is 6. The van der Waals surface area contributed by atoms with Crippen LogP contribution in [0.2, 0.25) is 0 Å². The summed E-state index contributed by atoms with van der Waals surface area (Å²) in [7, 11) is 1.50. The Bertz CT molecular complexity index is 951. The Morgan fingerprint density at radius 2 is 0.400 bits per heavy atom. The summed E-state index contributed by atoms with van der Waals surface area (Å²) in [5.74, 6) is -6.04. The van der Waals surface area contributed by atoms with Crippen molar-refractivity contribution in [3.05, 3.63) is 0 Å². The van der Waals surface area contributed by atoms with Crippen molar-refractivity contribution in [1.29, 1.82) is 0 Å². The molecular weight excluding hydrogens is 1320 g/mol. The van der Waals surface area contributed by atoms with Crippen LogP contribution in [0.4, 0.5) is 0 Å². The number of aliphatic hydroxyl groups excluding tert-OH is 2. The molecule has 0 amide bonds. The Kier molecular flexibility index (Phi) is 93.3. The van der Waals surface area contributed by atoms with Gasteiger partial charge in [-0.3, -0.25) is 0 Å². The van der Waals surface area contributed by atoms with Crippen LogP contribution in [-0.2, 0) is 62.3 Å². The largest absolute Gasteiger partial charge is 3.00 e. The summed E-state index contributed by atoms with van der Waals surface area (Å²) in [5, 5.41) is 133. The molecule has 0 rings (SSSR count). The Balaban J connectivity index is -0.0000000420. The molecule has 0 radical (unpaired) electrons. The maximum Gasteiger partial charge on any atom is 3.00 e. The van der Waals surface area contributed by atoms with Crippen LogP contribution in [0.3, 0.4) is 0 Å². The van der Waals surface area contributed by atoms with Crippen LogP contribution in [0.1, 0.15) is 125 Å². The summed E-state index contributed by atoms with van der Waals surface area (Å²) in [6, 6.07) is 0. The predicted molar refractivity (Wildman–Crippen MR) is 225 cm³/mol. The molecule has 0 saturated heterocycles. The Morgan fingerprint density at radius 3 is 0.443 bits per heavy atom. The van der Waals surface area contributed by atoms with Crippen LogP contribution in [0.5, 0.6) is 0 Å². The molecule has 0 aromatic carbocycles. The van der Waals surface area contributed by atoms with Crippen LogP contribution in [-0.4, -0.2) is 149 Å². The topological polar surface area (TPSA) is 426 Å². The van der Waals surface area contributed by atoms with E-state index in [9.17, 15) is 79.8 Å². The van der Waals surface area contributed by atoms with Crippen LogP contribution >= 0.6 is 0 Å². The number of aliphatic hydroxyl groups is 2. The van der Waals surface area contributed by atoms with Crippen molar-refractivity contribution in [2.24, 2.45) is 32.5 Å². The standard InChI is InChI=1S/2C6H13NO3.6C5H10O2.2CH3O.2Co.2Ho/c2*8-4-1-7(2-5-9)3-6-10;6*1-5(2,3)4(6)7;2*1-2;;;;/h2*8H,1-6H2;6*1-3H3,(H,6,7);2*1H3;;;;/q2*-2;;;;;;;2*-1;4*+3/p-6. The van der Waals surface area contributed by atoms with E-state index in [0.29, 0.717) is 39.3 Å². The maximum absolute atomic E-state index is 10.1. The van der Waals surface area contributed by atoms with Crippen molar-refractivity contribution < 1.29 is 209 Å². The van der Waals surface area contributed by atoms with Gasteiger partial charge in [0.2, 0.25) is 0 Å². The molecule has 0 aromatic heterocycles. The molecule has 0 aromatic rings. The third-order valence-corrected chi connectivity index (χ3v) is 6.14.